The van der Waals surface area contributed by atoms with Crippen LogP contribution in [0.5, 0.6) is 0 Å². The van der Waals surface area contributed by atoms with E-state index in [2.05, 4.69) is 0 Å². The summed E-state index contributed by atoms with van der Waals surface area (Å²) >= 11 is 0. The molecule has 0 aromatic heterocycles. The van der Waals surface area contributed by atoms with Crippen molar-refractivity contribution in [2.45, 2.75) is 63.6 Å². The third kappa shape index (κ3) is 2.93. The molecule has 1 nitrogen and oxygen atoms in total. The third-order valence-corrected chi connectivity index (χ3v) is 5.70. The molecule has 1 unspecified atom stereocenters. The number of aliphatic hydroxyl groups excluding tert-OH is 1. The minimum atomic E-state index is -4.08. The van der Waals surface area contributed by atoms with Crippen LogP contribution in [0.2, 0.25) is 0 Å². The molecule has 4 rings (SSSR count). The summed E-state index contributed by atoms with van der Waals surface area (Å²) in [6, 6.07) is 0. The van der Waals surface area contributed by atoms with Gasteiger partial charge in [-0.25, -0.2) is 0 Å². The first-order valence-electron chi connectivity index (χ1n) is 7.67. The Labute approximate surface area is 112 Å². The predicted molar refractivity (Wildman–Crippen MR) is 66.4 cm³/mol. The largest absolute Gasteiger partial charge is 0.393 e. The summed E-state index contributed by atoms with van der Waals surface area (Å²) in [7, 11) is 0. The zero-order valence-electron chi connectivity index (χ0n) is 11.2. The normalized spacial score (nSPS) is 42.6. The predicted octanol–water partition coefficient (Wildman–Crippen LogP) is 4.15. The average molecular weight is 276 g/mol. The van der Waals surface area contributed by atoms with Gasteiger partial charge in [0.25, 0.3) is 0 Å². The molecule has 4 bridgehead atoms. The van der Waals surface area contributed by atoms with Crippen molar-refractivity contribution in [1.29, 1.82) is 0 Å². The lowest BCUT2D eigenvalue weighted by Gasteiger charge is -2.55. The summed E-state index contributed by atoms with van der Waals surface area (Å²) in [5, 5.41) is 10.3. The summed E-state index contributed by atoms with van der Waals surface area (Å²) in [6.45, 7) is 0. The van der Waals surface area contributed by atoms with E-state index in [9.17, 15) is 18.3 Å². The van der Waals surface area contributed by atoms with Gasteiger partial charge in [-0.3, -0.25) is 0 Å². The number of hydrogen-bond acceptors (Lipinski definition) is 1. The molecule has 0 saturated heterocycles. The molecular weight excluding hydrogens is 253 g/mol. The monoisotopic (exact) mass is 276 g/mol. The second kappa shape index (κ2) is 4.94. The van der Waals surface area contributed by atoms with Crippen LogP contribution in [-0.4, -0.2) is 17.4 Å². The van der Waals surface area contributed by atoms with Gasteiger partial charge in [0.1, 0.15) is 0 Å². The standard InChI is InChI=1S/C15H23F3O/c16-15(17,18)3-1-2-13(19)14-11-5-9-4-10(7-11)8-12(14)6-9/h9-14,19H,1-8H2. The SMILES string of the molecule is OC(CCCC(F)(F)F)C1C2CC3CC(C2)CC1C3. The van der Waals surface area contributed by atoms with E-state index in [1.165, 1.54) is 32.1 Å². The first kappa shape index (κ1) is 13.7. The van der Waals surface area contributed by atoms with Gasteiger partial charge >= 0.3 is 6.18 Å². The Kier molecular flexibility index (Phi) is 3.57. The van der Waals surface area contributed by atoms with Gasteiger partial charge < -0.3 is 5.11 Å². The highest BCUT2D eigenvalue weighted by molar-refractivity contribution is 5.00. The first-order valence-corrected chi connectivity index (χ1v) is 7.67. The molecule has 1 N–H and O–H groups in total. The van der Waals surface area contributed by atoms with Gasteiger partial charge in [-0.05, 0) is 74.5 Å². The lowest BCUT2D eigenvalue weighted by Crippen LogP contribution is -2.49. The fourth-order valence-corrected chi connectivity index (χ4v) is 5.30. The van der Waals surface area contributed by atoms with Crippen molar-refractivity contribution in [2.75, 3.05) is 0 Å². The van der Waals surface area contributed by atoms with Crippen LogP contribution in [-0.2, 0) is 0 Å². The number of rotatable bonds is 4. The maximum absolute atomic E-state index is 12.2. The van der Waals surface area contributed by atoms with Gasteiger partial charge in [0.15, 0.2) is 0 Å². The zero-order valence-corrected chi connectivity index (χ0v) is 11.2. The van der Waals surface area contributed by atoms with Gasteiger partial charge in [-0.15, -0.1) is 0 Å². The fraction of sp³-hybridized carbons (Fsp3) is 1.00. The Bertz CT molecular complexity index is 298. The molecule has 19 heavy (non-hydrogen) atoms. The Hall–Kier alpha value is -0.250. The van der Waals surface area contributed by atoms with E-state index < -0.39 is 18.7 Å². The quantitative estimate of drug-likeness (QED) is 0.817. The number of aliphatic hydroxyl groups is 1. The molecule has 4 saturated carbocycles. The fourth-order valence-electron chi connectivity index (χ4n) is 5.30. The molecular formula is C15H23F3O. The van der Waals surface area contributed by atoms with Crippen LogP contribution in [0.1, 0.15) is 51.4 Å². The summed E-state index contributed by atoms with van der Waals surface area (Å²) in [5.74, 6) is 3.18. The van der Waals surface area contributed by atoms with E-state index in [4.69, 9.17) is 0 Å². The van der Waals surface area contributed by atoms with Crippen LogP contribution in [0, 0.1) is 29.6 Å². The molecule has 0 spiro atoms. The Balaban J connectivity index is 1.54. The van der Waals surface area contributed by atoms with Crippen LogP contribution < -0.4 is 0 Å². The molecule has 4 fully saturated rings. The van der Waals surface area contributed by atoms with E-state index in [0.29, 0.717) is 24.2 Å². The molecule has 0 aromatic carbocycles. The molecule has 4 aliphatic carbocycles. The lowest BCUT2D eigenvalue weighted by atomic mass is 9.50. The number of halogens is 3. The van der Waals surface area contributed by atoms with E-state index in [1.54, 1.807) is 0 Å². The van der Waals surface area contributed by atoms with Crippen molar-refractivity contribution >= 4 is 0 Å². The Morgan fingerprint density at radius 2 is 1.47 bits per heavy atom. The highest BCUT2D eigenvalue weighted by Gasteiger charge is 2.50. The van der Waals surface area contributed by atoms with Crippen LogP contribution in [0.4, 0.5) is 13.2 Å². The van der Waals surface area contributed by atoms with E-state index in [0.717, 1.165) is 11.8 Å². The summed E-state index contributed by atoms with van der Waals surface area (Å²) < 4.78 is 36.5. The smallest absolute Gasteiger partial charge is 0.389 e. The Morgan fingerprint density at radius 3 is 1.95 bits per heavy atom. The van der Waals surface area contributed by atoms with Crippen LogP contribution in [0.3, 0.4) is 0 Å². The molecule has 0 aliphatic heterocycles. The maximum Gasteiger partial charge on any atom is 0.389 e. The van der Waals surface area contributed by atoms with Gasteiger partial charge in [0.05, 0.1) is 6.10 Å². The maximum atomic E-state index is 12.2. The van der Waals surface area contributed by atoms with Crippen molar-refractivity contribution in [2.24, 2.45) is 29.6 Å². The van der Waals surface area contributed by atoms with Crippen molar-refractivity contribution in [3.05, 3.63) is 0 Å². The number of alkyl halides is 3. The molecule has 0 heterocycles. The molecule has 0 amide bonds. The molecule has 0 radical (unpaired) electrons. The Morgan fingerprint density at radius 1 is 0.947 bits per heavy atom. The van der Waals surface area contributed by atoms with Crippen molar-refractivity contribution in [3.63, 3.8) is 0 Å². The highest BCUT2D eigenvalue weighted by Crippen LogP contribution is 2.57. The van der Waals surface area contributed by atoms with E-state index >= 15 is 0 Å². The second-order valence-electron chi connectivity index (χ2n) is 7.08. The van der Waals surface area contributed by atoms with Gasteiger partial charge in [-0.2, -0.15) is 13.2 Å². The minimum absolute atomic E-state index is 0.0768. The van der Waals surface area contributed by atoms with Gasteiger partial charge in [0, 0.05) is 6.42 Å². The van der Waals surface area contributed by atoms with Crippen LogP contribution in [0.15, 0.2) is 0 Å². The minimum Gasteiger partial charge on any atom is -0.393 e. The lowest BCUT2D eigenvalue weighted by molar-refractivity contribution is -0.139. The van der Waals surface area contributed by atoms with Crippen molar-refractivity contribution < 1.29 is 18.3 Å². The summed E-state index contributed by atoms with van der Waals surface area (Å²) in [5.41, 5.74) is 0. The van der Waals surface area contributed by atoms with Gasteiger partial charge in [-0.1, -0.05) is 0 Å². The average Bonchev–Trinajstić information content (AvgIpc) is 2.25. The van der Waals surface area contributed by atoms with E-state index in [-0.39, 0.29) is 6.42 Å². The molecule has 1 atom stereocenters. The van der Waals surface area contributed by atoms with E-state index in [1.807, 2.05) is 0 Å². The first-order chi connectivity index (χ1) is 8.92. The van der Waals surface area contributed by atoms with Crippen LogP contribution in [0.25, 0.3) is 0 Å². The summed E-state index contributed by atoms with van der Waals surface area (Å²) in [6.07, 6.45) is 1.30. The number of hydrogen-bond donors (Lipinski definition) is 1. The molecule has 4 heteroatoms. The second-order valence-corrected chi connectivity index (χ2v) is 7.08. The zero-order chi connectivity index (χ0) is 13.6. The van der Waals surface area contributed by atoms with Crippen LogP contribution >= 0.6 is 0 Å². The van der Waals surface area contributed by atoms with Gasteiger partial charge in [0.2, 0.25) is 0 Å². The third-order valence-electron chi connectivity index (χ3n) is 5.70. The molecule has 4 aliphatic rings. The summed E-state index contributed by atoms with van der Waals surface area (Å²) in [4.78, 5) is 0. The highest BCUT2D eigenvalue weighted by atomic mass is 19.4. The molecule has 0 aromatic rings. The topological polar surface area (TPSA) is 20.2 Å². The van der Waals surface area contributed by atoms with Crippen molar-refractivity contribution in [1.82, 2.24) is 0 Å². The molecule has 110 valence electrons. The van der Waals surface area contributed by atoms with Crippen molar-refractivity contribution in [3.8, 4) is 0 Å².